The van der Waals surface area contributed by atoms with Gasteiger partial charge in [0, 0.05) is 36.7 Å². The molecule has 1 N–H and O–H groups in total. The van der Waals surface area contributed by atoms with Crippen LogP contribution in [0.15, 0.2) is 72.8 Å². The largest absolute Gasteiger partial charge is 0.395 e. The van der Waals surface area contributed by atoms with E-state index in [1.807, 2.05) is 4.90 Å². The number of fused-ring (bicyclic) bond motifs is 1. The number of carbonyl (C=O) groups excluding carboxylic acids is 1. The van der Waals surface area contributed by atoms with Gasteiger partial charge in [0.2, 0.25) is 0 Å². The van der Waals surface area contributed by atoms with Crippen molar-refractivity contribution in [1.82, 2.24) is 9.80 Å². The minimum Gasteiger partial charge on any atom is -0.395 e. The molecule has 3 aromatic rings. The fourth-order valence-corrected chi connectivity index (χ4v) is 5.54. The molecule has 0 spiro atoms. The molecular formula is C29H31FN2O2. The Bertz CT molecular complexity index is 1130. The van der Waals surface area contributed by atoms with Crippen LogP contribution < -0.4 is 0 Å². The van der Waals surface area contributed by atoms with E-state index in [1.54, 1.807) is 12.1 Å². The molecule has 5 heteroatoms. The number of amides is 1. The van der Waals surface area contributed by atoms with Crippen LogP contribution in [0.4, 0.5) is 4.39 Å². The van der Waals surface area contributed by atoms with Crippen LogP contribution in [-0.4, -0.2) is 59.1 Å². The van der Waals surface area contributed by atoms with Crippen molar-refractivity contribution in [1.29, 1.82) is 0 Å². The van der Waals surface area contributed by atoms with Crippen molar-refractivity contribution >= 4 is 5.91 Å². The maximum absolute atomic E-state index is 13.4. The van der Waals surface area contributed by atoms with E-state index in [0.717, 1.165) is 19.4 Å². The summed E-state index contributed by atoms with van der Waals surface area (Å²) in [6, 6.07) is 23.2. The number of aliphatic hydroxyl groups excluding tert-OH is 1. The molecule has 34 heavy (non-hydrogen) atoms. The Morgan fingerprint density at radius 2 is 1.53 bits per heavy atom. The third-order valence-corrected chi connectivity index (χ3v) is 7.43. The van der Waals surface area contributed by atoms with Crippen molar-refractivity contribution in [3.63, 3.8) is 0 Å². The molecule has 0 aromatic heterocycles. The van der Waals surface area contributed by atoms with Gasteiger partial charge in [-0.15, -0.1) is 0 Å². The summed E-state index contributed by atoms with van der Waals surface area (Å²) in [6.07, 6.45) is 1.91. The molecule has 4 nitrogen and oxygen atoms in total. The number of halogens is 1. The number of rotatable bonds is 4. The summed E-state index contributed by atoms with van der Waals surface area (Å²) in [5.41, 5.74) is 5.32. The molecule has 0 radical (unpaired) electrons. The number of benzene rings is 3. The summed E-state index contributed by atoms with van der Waals surface area (Å²) in [7, 11) is 0. The highest BCUT2D eigenvalue weighted by molar-refractivity contribution is 5.94. The minimum atomic E-state index is -0.339. The Morgan fingerprint density at radius 3 is 2.18 bits per heavy atom. The zero-order chi connectivity index (χ0) is 23.7. The van der Waals surface area contributed by atoms with Gasteiger partial charge in [-0.05, 0) is 67.3 Å². The lowest BCUT2D eigenvalue weighted by atomic mass is 9.74. The van der Waals surface area contributed by atoms with Gasteiger partial charge < -0.3 is 10.0 Å². The van der Waals surface area contributed by atoms with Crippen LogP contribution >= 0.6 is 0 Å². The van der Waals surface area contributed by atoms with E-state index in [2.05, 4.69) is 60.4 Å². The Hall–Kier alpha value is -3.02. The first-order valence-corrected chi connectivity index (χ1v) is 12.1. The third-order valence-electron chi connectivity index (χ3n) is 7.43. The minimum absolute atomic E-state index is 0.0530. The number of hydrogen-bond acceptors (Lipinski definition) is 3. The second kappa shape index (κ2) is 9.69. The maximum Gasteiger partial charge on any atom is 0.253 e. The zero-order valence-corrected chi connectivity index (χ0v) is 19.5. The van der Waals surface area contributed by atoms with Gasteiger partial charge in [0.05, 0.1) is 6.61 Å². The fourth-order valence-electron chi connectivity index (χ4n) is 5.54. The molecule has 2 heterocycles. The summed E-state index contributed by atoms with van der Waals surface area (Å²) in [6.45, 7) is 4.43. The highest BCUT2D eigenvalue weighted by Gasteiger charge is 2.49. The van der Waals surface area contributed by atoms with Crippen LogP contribution in [0, 0.1) is 12.7 Å². The average Bonchev–Trinajstić information content (AvgIpc) is 2.84. The smallest absolute Gasteiger partial charge is 0.253 e. The number of hydrogen-bond donors (Lipinski definition) is 1. The molecule has 2 aliphatic heterocycles. The Labute approximate surface area is 200 Å². The summed E-state index contributed by atoms with van der Waals surface area (Å²) in [4.78, 5) is 17.5. The zero-order valence-electron chi connectivity index (χ0n) is 19.5. The summed E-state index contributed by atoms with van der Waals surface area (Å²) in [5, 5.41) is 10.2. The summed E-state index contributed by atoms with van der Waals surface area (Å²) < 4.78 is 13.4. The second-order valence-electron chi connectivity index (χ2n) is 9.53. The van der Waals surface area contributed by atoms with E-state index in [4.69, 9.17) is 0 Å². The number of nitrogens with zero attached hydrogens (tertiary/aromatic N) is 2. The van der Waals surface area contributed by atoms with Crippen molar-refractivity contribution in [3.8, 4) is 11.1 Å². The second-order valence-corrected chi connectivity index (χ2v) is 9.53. The van der Waals surface area contributed by atoms with Crippen molar-refractivity contribution in [2.75, 3.05) is 26.2 Å². The molecule has 176 valence electrons. The molecule has 3 atom stereocenters. The lowest BCUT2D eigenvalue weighted by molar-refractivity contribution is -0.0606. The Balaban J connectivity index is 1.38. The fraction of sp³-hybridized carbons (Fsp3) is 0.345. The van der Waals surface area contributed by atoms with Crippen LogP contribution in [0.1, 0.15) is 40.2 Å². The van der Waals surface area contributed by atoms with Gasteiger partial charge in [-0.2, -0.15) is 0 Å². The lowest BCUT2D eigenvalue weighted by Gasteiger charge is -2.57. The van der Waals surface area contributed by atoms with E-state index >= 15 is 0 Å². The molecule has 0 unspecified atom stereocenters. The maximum atomic E-state index is 13.4. The van der Waals surface area contributed by atoms with Crippen molar-refractivity contribution < 1.29 is 14.3 Å². The van der Waals surface area contributed by atoms with Gasteiger partial charge >= 0.3 is 0 Å². The quantitative estimate of drug-likeness (QED) is 0.607. The predicted octanol–water partition coefficient (Wildman–Crippen LogP) is 4.87. The molecular weight excluding hydrogens is 427 g/mol. The third kappa shape index (κ3) is 4.38. The van der Waals surface area contributed by atoms with E-state index in [1.165, 1.54) is 34.4 Å². The van der Waals surface area contributed by atoms with E-state index in [0.29, 0.717) is 18.7 Å². The first kappa shape index (κ1) is 22.8. The van der Waals surface area contributed by atoms with E-state index in [-0.39, 0.29) is 36.3 Å². The first-order chi connectivity index (χ1) is 16.5. The molecule has 0 bridgehead atoms. The highest BCUT2D eigenvalue weighted by atomic mass is 19.1. The van der Waals surface area contributed by atoms with Crippen LogP contribution in [0.25, 0.3) is 11.1 Å². The van der Waals surface area contributed by atoms with Crippen LogP contribution in [0.3, 0.4) is 0 Å². The first-order valence-electron chi connectivity index (χ1n) is 12.1. The van der Waals surface area contributed by atoms with Gasteiger partial charge in [0.1, 0.15) is 5.82 Å². The molecule has 2 saturated heterocycles. The van der Waals surface area contributed by atoms with Gasteiger partial charge in [-0.3, -0.25) is 9.69 Å². The van der Waals surface area contributed by atoms with E-state index < -0.39 is 0 Å². The van der Waals surface area contributed by atoms with Crippen LogP contribution in [0.2, 0.25) is 0 Å². The average molecular weight is 459 g/mol. The number of carbonyl (C=O) groups is 1. The molecule has 0 saturated carbocycles. The van der Waals surface area contributed by atoms with Gasteiger partial charge in [0.15, 0.2) is 0 Å². The monoisotopic (exact) mass is 458 g/mol. The SMILES string of the molecule is Cc1ccc(-c2ccc([C@@H]3[C@@H](CO)N4CCCCN(C(=O)c5ccc(F)cc5)C[C@@H]34)cc2)cc1. The summed E-state index contributed by atoms with van der Waals surface area (Å²) >= 11 is 0. The van der Waals surface area contributed by atoms with E-state index in [9.17, 15) is 14.3 Å². The Kier molecular flexibility index (Phi) is 6.48. The molecule has 3 aromatic carbocycles. The van der Waals surface area contributed by atoms with Gasteiger partial charge in [0.25, 0.3) is 5.91 Å². The molecule has 0 aliphatic carbocycles. The van der Waals surface area contributed by atoms with Gasteiger partial charge in [-0.1, -0.05) is 54.1 Å². The predicted molar refractivity (Wildman–Crippen MR) is 132 cm³/mol. The van der Waals surface area contributed by atoms with Crippen LogP contribution in [-0.2, 0) is 0 Å². The summed E-state index contributed by atoms with van der Waals surface area (Å²) in [5.74, 6) is -0.226. The van der Waals surface area contributed by atoms with Crippen molar-refractivity contribution in [3.05, 3.63) is 95.3 Å². The highest BCUT2D eigenvalue weighted by Crippen LogP contribution is 2.42. The molecule has 2 fully saturated rings. The molecule has 5 rings (SSSR count). The Morgan fingerprint density at radius 1 is 0.912 bits per heavy atom. The molecule has 1 amide bonds. The van der Waals surface area contributed by atoms with Crippen molar-refractivity contribution in [2.45, 2.75) is 37.8 Å². The molecule has 2 aliphatic rings. The van der Waals surface area contributed by atoms with Gasteiger partial charge in [-0.25, -0.2) is 4.39 Å². The topological polar surface area (TPSA) is 43.8 Å². The van der Waals surface area contributed by atoms with Crippen molar-refractivity contribution in [2.24, 2.45) is 0 Å². The lowest BCUT2D eigenvalue weighted by Crippen LogP contribution is -2.67. The van der Waals surface area contributed by atoms with Crippen LogP contribution in [0.5, 0.6) is 0 Å². The number of aliphatic hydroxyl groups is 1. The standard InChI is InChI=1S/C29H31FN2O2/c1-20-4-6-21(7-5-20)22-8-10-23(11-9-22)28-26-18-31(16-2-3-17-32(26)27(28)19-33)29(34)24-12-14-25(30)15-13-24/h4-15,26-28,33H,2-3,16-19H2,1H3/t26-,27+,28-/m0/s1. The normalized spacial score (nSPS) is 22.9. The number of aryl methyl sites for hydroxylation is 1.